The number of benzene rings is 3. The van der Waals surface area contributed by atoms with Gasteiger partial charge in [0.05, 0.1) is 10.6 Å². The molecule has 0 atom stereocenters. The van der Waals surface area contributed by atoms with Crippen LogP contribution in [0, 0.1) is 6.92 Å². The fourth-order valence-electron chi connectivity index (χ4n) is 4.30. The van der Waals surface area contributed by atoms with Crippen molar-refractivity contribution in [2.75, 3.05) is 16.7 Å². The maximum absolute atomic E-state index is 13.3. The van der Waals surface area contributed by atoms with Gasteiger partial charge >= 0.3 is 0 Å². The Morgan fingerprint density at radius 2 is 1.58 bits per heavy atom. The summed E-state index contributed by atoms with van der Waals surface area (Å²) in [4.78, 5) is 13.5. The molecular formula is C25H26N2O3S. The SMILES string of the molecule is CCc1cccc(CC)c1NC(=O)c1cc(C)c2c(c1)-c1ccccc1S(=O)(=O)N2C. The van der Waals surface area contributed by atoms with Crippen LogP contribution in [0.1, 0.15) is 40.9 Å². The summed E-state index contributed by atoms with van der Waals surface area (Å²) < 4.78 is 27.2. The molecule has 6 heteroatoms. The topological polar surface area (TPSA) is 66.5 Å². The lowest BCUT2D eigenvalue weighted by atomic mass is 9.96. The van der Waals surface area contributed by atoms with Gasteiger partial charge in [0, 0.05) is 29.4 Å². The first-order valence-electron chi connectivity index (χ1n) is 10.4. The van der Waals surface area contributed by atoms with Crippen molar-refractivity contribution in [3.8, 4) is 11.1 Å². The molecular weight excluding hydrogens is 408 g/mol. The van der Waals surface area contributed by atoms with Crippen LogP contribution in [-0.2, 0) is 22.9 Å². The molecule has 1 N–H and O–H groups in total. The van der Waals surface area contributed by atoms with Crippen LogP contribution in [0.3, 0.4) is 0 Å². The van der Waals surface area contributed by atoms with Gasteiger partial charge in [-0.3, -0.25) is 9.10 Å². The predicted octanol–water partition coefficient (Wildman–Crippen LogP) is 5.18. The van der Waals surface area contributed by atoms with E-state index in [0.29, 0.717) is 16.8 Å². The van der Waals surface area contributed by atoms with E-state index >= 15 is 0 Å². The largest absolute Gasteiger partial charge is 0.321 e. The molecule has 0 fully saturated rings. The summed E-state index contributed by atoms with van der Waals surface area (Å²) in [6, 6.07) is 16.6. The Labute approximate surface area is 183 Å². The number of anilines is 2. The van der Waals surface area contributed by atoms with Crippen LogP contribution in [0.4, 0.5) is 11.4 Å². The minimum Gasteiger partial charge on any atom is -0.321 e. The molecule has 0 saturated carbocycles. The first-order valence-corrected chi connectivity index (χ1v) is 11.9. The Balaban J connectivity index is 1.83. The van der Waals surface area contributed by atoms with Crippen LogP contribution in [0.15, 0.2) is 59.5 Å². The van der Waals surface area contributed by atoms with Crippen LogP contribution < -0.4 is 9.62 Å². The molecule has 0 radical (unpaired) electrons. The molecule has 31 heavy (non-hydrogen) atoms. The highest BCUT2D eigenvalue weighted by molar-refractivity contribution is 7.93. The van der Waals surface area contributed by atoms with E-state index in [4.69, 9.17) is 0 Å². The summed E-state index contributed by atoms with van der Waals surface area (Å²) in [5.41, 5.74) is 6.28. The van der Waals surface area contributed by atoms with Crippen molar-refractivity contribution < 1.29 is 13.2 Å². The van der Waals surface area contributed by atoms with Gasteiger partial charge in [0.15, 0.2) is 0 Å². The van der Waals surface area contributed by atoms with Crippen molar-refractivity contribution in [2.24, 2.45) is 0 Å². The van der Waals surface area contributed by atoms with E-state index < -0.39 is 10.0 Å². The van der Waals surface area contributed by atoms with Crippen molar-refractivity contribution in [2.45, 2.75) is 38.5 Å². The van der Waals surface area contributed by atoms with Gasteiger partial charge < -0.3 is 5.32 Å². The quantitative estimate of drug-likeness (QED) is 0.615. The Bertz CT molecular complexity index is 1270. The third-order valence-electron chi connectivity index (χ3n) is 5.93. The number of amides is 1. The molecule has 0 unspecified atom stereocenters. The van der Waals surface area contributed by atoms with Gasteiger partial charge in [0.1, 0.15) is 0 Å². The molecule has 0 aliphatic carbocycles. The second-order valence-electron chi connectivity index (χ2n) is 7.77. The van der Waals surface area contributed by atoms with Gasteiger partial charge in [0.25, 0.3) is 15.9 Å². The number of hydrogen-bond donors (Lipinski definition) is 1. The standard InChI is InChI=1S/C25H26N2O3S/c1-5-17-10-9-11-18(6-2)23(17)26-25(28)19-14-16(3)24-21(15-19)20-12-7-8-13-22(20)31(29,30)27(24)4/h7-15H,5-6H2,1-4H3,(H,26,28). The van der Waals surface area contributed by atoms with Crippen LogP contribution in [-0.4, -0.2) is 21.4 Å². The van der Waals surface area contributed by atoms with E-state index in [2.05, 4.69) is 19.2 Å². The highest BCUT2D eigenvalue weighted by Gasteiger charge is 2.34. The van der Waals surface area contributed by atoms with Gasteiger partial charge in [-0.2, -0.15) is 0 Å². The fraction of sp³-hybridized carbons (Fsp3) is 0.240. The zero-order valence-corrected chi connectivity index (χ0v) is 19.0. The monoisotopic (exact) mass is 434 g/mol. The molecule has 0 saturated heterocycles. The lowest BCUT2D eigenvalue weighted by molar-refractivity contribution is 0.102. The zero-order valence-electron chi connectivity index (χ0n) is 18.2. The Morgan fingerprint density at radius 1 is 0.935 bits per heavy atom. The first kappa shape index (κ1) is 21.1. The molecule has 160 valence electrons. The van der Waals surface area contributed by atoms with Crippen molar-refractivity contribution in [1.29, 1.82) is 0 Å². The average Bonchev–Trinajstić information content (AvgIpc) is 2.77. The summed E-state index contributed by atoms with van der Waals surface area (Å²) in [6.07, 6.45) is 1.64. The average molecular weight is 435 g/mol. The molecule has 4 rings (SSSR count). The molecule has 0 bridgehead atoms. The number of fused-ring (bicyclic) bond motifs is 3. The van der Waals surface area contributed by atoms with Gasteiger partial charge in [-0.25, -0.2) is 8.42 Å². The van der Waals surface area contributed by atoms with E-state index in [0.717, 1.165) is 40.8 Å². The smallest absolute Gasteiger partial charge is 0.264 e. The van der Waals surface area contributed by atoms with Gasteiger partial charge in [-0.1, -0.05) is 50.2 Å². The third kappa shape index (κ3) is 3.41. The molecule has 1 aliphatic rings. The van der Waals surface area contributed by atoms with E-state index in [1.807, 2.05) is 31.2 Å². The van der Waals surface area contributed by atoms with Crippen molar-refractivity contribution in [1.82, 2.24) is 0 Å². The predicted molar refractivity (Wildman–Crippen MR) is 125 cm³/mol. The van der Waals surface area contributed by atoms with Crippen molar-refractivity contribution >= 4 is 27.3 Å². The third-order valence-corrected chi connectivity index (χ3v) is 7.75. The molecule has 1 heterocycles. The van der Waals surface area contributed by atoms with E-state index in [9.17, 15) is 13.2 Å². The molecule has 5 nitrogen and oxygen atoms in total. The Hall–Kier alpha value is -3.12. The van der Waals surface area contributed by atoms with Crippen LogP contribution in [0.5, 0.6) is 0 Å². The highest BCUT2D eigenvalue weighted by Crippen LogP contribution is 2.44. The number of nitrogens with zero attached hydrogens (tertiary/aromatic N) is 1. The fourth-order valence-corrected chi connectivity index (χ4v) is 5.79. The molecule has 1 amide bonds. The number of para-hydroxylation sites is 1. The van der Waals surface area contributed by atoms with E-state index in [-0.39, 0.29) is 10.8 Å². The van der Waals surface area contributed by atoms with Crippen LogP contribution in [0.25, 0.3) is 11.1 Å². The number of carbonyl (C=O) groups is 1. The molecule has 3 aromatic carbocycles. The number of rotatable bonds is 4. The number of carbonyl (C=O) groups excluding carboxylic acids is 1. The number of sulfonamides is 1. The summed E-state index contributed by atoms with van der Waals surface area (Å²) >= 11 is 0. The zero-order chi connectivity index (χ0) is 22.3. The molecule has 0 aromatic heterocycles. The van der Waals surface area contributed by atoms with E-state index in [1.54, 1.807) is 37.4 Å². The molecule has 0 spiro atoms. The number of aryl methyl sites for hydroxylation is 3. The Kier molecular flexibility index (Phi) is 5.35. The summed E-state index contributed by atoms with van der Waals surface area (Å²) in [5.74, 6) is -0.199. The highest BCUT2D eigenvalue weighted by atomic mass is 32.2. The molecule has 1 aliphatic heterocycles. The second-order valence-corrected chi connectivity index (χ2v) is 9.71. The summed E-state index contributed by atoms with van der Waals surface area (Å²) in [7, 11) is -2.07. The van der Waals surface area contributed by atoms with E-state index in [1.165, 1.54) is 4.31 Å². The Morgan fingerprint density at radius 3 is 2.23 bits per heavy atom. The second kappa shape index (κ2) is 7.85. The number of nitrogens with one attached hydrogen (secondary N) is 1. The van der Waals surface area contributed by atoms with Crippen LogP contribution in [0.2, 0.25) is 0 Å². The maximum atomic E-state index is 13.3. The lowest BCUT2D eigenvalue weighted by Gasteiger charge is -2.31. The van der Waals surface area contributed by atoms with Crippen LogP contribution >= 0.6 is 0 Å². The first-order chi connectivity index (χ1) is 14.8. The lowest BCUT2D eigenvalue weighted by Crippen LogP contribution is -2.31. The molecule has 3 aromatic rings. The summed E-state index contributed by atoms with van der Waals surface area (Å²) in [5, 5.41) is 3.11. The van der Waals surface area contributed by atoms with Gasteiger partial charge in [-0.05, 0) is 54.7 Å². The van der Waals surface area contributed by atoms with Gasteiger partial charge in [0.2, 0.25) is 0 Å². The van der Waals surface area contributed by atoms with Crippen molar-refractivity contribution in [3.05, 3.63) is 76.9 Å². The van der Waals surface area contributed by atoms with Crippen molar-refractivity contribution in [3.63, 3.8) is 0 Å². The minimum atomic E-state index is -3.62. The summed E-state index contributed by atoms with van der Waals surface area (Å²) in [6.45, 7) is 5.98. The minimum absolute atomic E-state index is 0.199. The normalized spacial score (nSPS) is 14.0. The number of hydrogen-bond acceptors (Lipinski definition) is 3. The maximum Gasteiger partial charge on any atom is 0.264 e. The van der Waals surface area contributed by atoms with Gasteiger partial charge in [-0.15, -0.1) is 0 Å².